The van der Waals surface area contributed by atoms with Crippen molar-refractivity contribution in [2.75, 3.05) is 11.6 Å². The summed E-state index contributed by atoms with van der Waals surface area (Å²) in [6, 6.07) is 4.50. The minimum Gasteiger partial charge on any atom is -0.326 e. The van der Waals surface area contributed by atoms with Crippen molar-refractivity contribution in [2.45, 2.75) is 11.8 Å². The van der Waals surface area contributed by atoms with Crippen molar-refractivity contribution in [3.63, 3.8) is 0 Å². The SMILES string of the molecule is CSc1cc(NC(C)=O)cc([N+](=O)[O-])c1. The van der Waals surface area contributed by atoms with Crippen LogP contribution in [0.4, 0.5) is 11.4 Å². The maximum atomic E-state index is 10.8. The van der Waals surface area contributed by atoms with Gasteiger partial charge in [0.05, 0.1) is 4.92 Å². The van der Waals surface area contributed by atoms with E-state index in [-0.39, 0.29) is 11.6 Å². The molecule has 80 valence electrons. The Bertz CT molecular complexity index is 406. The molecule has 0 atom stereocenters. The summed E-state index contributed by atoms with van der Waals surface area (Å²) in [4.78, 5) is 21.7. The summed E-state index contributed by atoms with van der Waals surface area (Å²) >= 11 is 1.39. The molecule has 1 aromatic rings. The van der Waals surface area contributed by atoms with Crippen molar-refractivity contribution in [1.82, 2.24) is 0 Å². The molecule has 0 heterocycles. The first kappa shape index (κ1) is 11.5. The molecule has 0 aliphatic rings. The van der Waals surface area contributed by atoms with Gasteiger partial charge in [-0.2, -0.15) is 0 Å². The van der Waals surface area contributed by atoms with E-state index in [9.17, 15) is 14.9 Å². The summed E-state index contributed by atoms with van der Waals surface area (Å²) in [7, 11) is 0. The Morgan fingerprint density at radius 2 is 2.13 bits per heavy atom. The highest BCUT2D eigenvalue weighted by Crippen LogP contribution is 2.26. The quantitative estimate of drug-likeness (QED) is 0.487. The second-order valence-corrected chi connectivity index (χ2v) is 3.74. The van der Waals surface area contributed by atoms with Crippen LogP contribution >= 0.6 is 11.8 Å². The highest BCUT2D eigenvalue weighted by molar-refractivity contribution is 7.98. The summed E-state index contributed by atoms with van der Waals surface area (Å²) in [6.45, 7) is 1.36. The number of nitro groups is 1. The van der Waals surface area contributed by atoms with Crippen LogP contribution in [0.1, 0.15) is 6.92 Å². The van der Waals surface area contributed by atoms with Gasteiger partial charge in [0, 0.05) is 29.6 Å². The molecule has 0 spiro atoms. The number of hydrogen-bond acceptors (Lipinski definition) is 4. The lowest BCUT2D eigenvalue weighted by atomic mass is 10.3. The Balaban J connectivity index is 3.11. The minimum absolute atomic E-state index is 0.0226. The van der Waals surface area contributed by atoms with Gasteiger partial charge in [-0.15, -0.1) is 11.8 Å². The van der Waals surface area contributed by atoms with Crippen LogP contribution in [0.5, 0.6) is 0 Å². The number of nitro benzene ring substituents is 1. The van der Waals surface area contributed by atoms with E-state index in [0.717, 1.165) is 4.90 Å². The molecule has 15 heavy (non-hydrogen) atoms. The molecule has 0 aliphatic heterocycles. The molecule has 0 unspecified atom stereocenters. The molecule has 6 heteroatoms. The van der Waals surface area contributed by atoms with Gasteiger partial charge in [0.25, 0.3) is 5.69 Å². The van der Waals surface area contributed by atoms with Gasteiger partial charge < -0.3 is 5.32 Å². The van der Waals surface area contributed by atoms with E-state index in [0.29, 0.717) is 5.69 Å². The second-order valence-electron chi connectivity index (χ2n) is 2.86. The van der Waals surface area contributed by atoms with Gasteiger partial charge in [-0.3, -0.25) is 14.9 Å². The normalized spacial score (nSPS) is 9.73. The molecule has 0 saturated heterocycles. The molecular formula is C9H10N2O3S. The van der Waals surface area contributed by atoms with Gasteiger partial charge in [-0.05, 0) is 12.3 Å². The molecule has 0 bridgehead atoms. The van der Waals surface area contributed by atoms with Crippen LogP contribution in [-0.2, 0) is 4.79 Å². The highest BCUT2D eigenvalue weighted by atomic mass is 32.2. The average Bonchev–Trinajstić information content (AvgIpc) is 2.16. The fourth-order valence-electron chi connectivity index (χ4n) is 1.08. The van der Waals surface area contributed by atoms with Crippen LogP contribution in [0.3, 0.4) is 0 Å². The van der Waals surface area contributed by atoms with Gasteiger partial charge in [0.2, 0.25) is 5.91 Å². The third kappa shape index (κ3) is 3.25. The molecule has 5 nitrogen and oxygen atoms in total. The first-order chi connectivity index (χ1) is 7.02. The zero-order valence-electron chi connectivity index (χ0n) is 8.31. The van der Waals surface area contributed by atoms with Crippen LogP contribution in [0, 0.1) is 10.1 Å². The molecule has 0 radical (unpaired) electrons. The van der Waals surface area contributed by atoms with Gasteiger partial charge in [0.1, 0.15) is 0 Å². The van der Waals surface area contributed by atoms with Gasteiger partial charge in [-0.1, -0.05) is 0 Å². The number of nitrogens with zero attached hydrogens (tertiary/aromatic N) is 1. The van der Waals surface area contributed by atoms with E-state index in [1.807, 2.05) is 6.26 Å². The molecule has 0 aliphatic carbocycles. The Morgan fingerprint density at radius 1 is 1.47 bits per heavy atom. The largest absolute Gasteiger partial charge is 0.326 e. The van der Waals surface area contributed by atoms with Crippen LogP contribution in [0.15, 0.2) is 23.1 Å². The molecular weight excluding hydrogens is 216 g/mol. The predicted octanol–water partition coefficient (Wildman–Crippen LogP) is 2.28. The van der Waals surface area contributed by atoms with Crippen LogP contribution in [0.2, 0.25) is 0 Å². The lowest BCUT2D eigenvalue weighted by Crippen LogP contribution is -2.06. The zero-order chi connectivity index (χ0) is 11.4. The summed E-state index contributed by atoms with van der Waals surface area (Å²) in [5.41, 5.74) is 0.423. The maximum absolute atomic E-state index is 10.8. The van der Waals surface area contributed by atoms with Crippen molar-refractivity contribution in [3.05, 3.63) is 28.3 Å². The summed E-state index contributed by atoms with van der Waals surface area (Å²) in [5, 5.41) is 13.1. The smallest absolute Gasteiger partial charge is 0.272 e. The first-order valence-corrected chi connectivity index (χ1v) is 5.36. The number of hydrogen-bond donors (Lipinski definition) is 1. The molecule has 0 saturated carbocycles. The number of non-ortho nitro benzene ring substituents is 1. The average molecular weight is 226 g/mol. The number of thioether (sulfide) groups is 1. The minimum atomic E-state index is -0.481. The van der Waals surface area contributed by atoms with Crippen molar-refractivity contribution in [2.24, 2.45) is 0 Å². The van der Waals surface area contributed by atoms with Crippen molar-refractivity contribution < 1.29 is 9.72 Å². The third-order valence-corrected chi connectivity index (χ3v) is 2.37. The molecule has 1 N–H and O–H groups in total. The first-order valence-electron chi connectivity index (χ1n) is 4.14. The Kier molecular flexibility index (Phi) is 3.68. The predicted molar refractivity (Wildman–Crippen MR) is 59.2 cm³/mol. The van der Waals surface area contributed by atoms with Crippen molar-refractivity contribution in [1.29, 1.82) is 0 Å². The molecule has 0 fully saturated rings. The lowest BCUT2D eigenvalue weighted by molar-refractivity contribution is -0.385. The molecule has 0 aromatic heterocycles. The van der Waals surface area contributed by atoms with Crippen LogP contribution < -0.4 is 5.32 Å². The van der Waals surface area contributed by atoms with Gasteiger partial charge in [0.15, 0.2) is 0 Å². The monoisotopic (exact) mass is 226 g/mol. The van der Waals surface area contributed by atoms with E-state index in [1.165, 1.54) is 30.8 Å². The number of anilines is 1. The number of rotatable bonds is 3. The summed E-state index contributed by atoms with van der Waals surface area (Å²) < 4.78 is 0. The lowest BCUT2D eigenvalue weighted by Gasteiger charge is -2.04. The summed E-state index contributed by atoms with van der Waals surface area (Å²) in [5.74, 6) is -0.248. The second kappa shape index (κ2) is 4.79. The molecule has 1 aromatic carbocycles. The molecule has 1 amide bonds. The maximum Gasteiger partial charge on any atom is 0.272 e. The van der Waals surface area contributed by atoms with E-state index < -0.39 is 4.92 Å². The van der Waals surface area contributed by atoms with Crippen LogP contribution in [-0.4, -0.2) is 17.1 Å². The molecule has 1 rings (SSSR count). The van der Waals surface area contributed by atoms with E-state index in [1.54, 1.807) is 6.07 Å². The fraction of sp³-hybridized carbons (Fsp3) is 0.222. The third-order valence-electron chi connectivity index (χ3n) is 1.66. The Labute approximate surface area is 91.0 Å². The van der Waals surface area contributed by atoms with Gasteiger partial charge >= 0.3 is 0 Å². The van der Waals surface area contributed by atoms with E-state index in [2.05, 4.69) is 5.32 Å². The number of nitrogens with one attached hydrogen (secondary N) is 1. The van der Waals surface area contributed by atoms with Gasteiger partial charge in [-0.25, -0.2) is 0 Å². The highest BCUT2D eigenvalue weighted by Gasteiger charge is 2.09. The fourth-order valence-corrected chi connectivity index (χ4v) is 1.57. The van der Waals surface area contributed by atoms with Crippen molar-refractivity contribution >= 4 is 29.0 Å². The number of amides is 1. The Morgan fingerprint density at radius 3 is 2.60 bits per heavy atom. The number of carbonyl (C=O) groups excluding carboxylic acids is 1. The van der Waals surface area contributed by atoms with E-state index in [4.69, 9.17) is 0 Å². The van der Waals surface area contributed by atoms with Crippen LogP contribution in [0.25, 0.3) is 0 Å². The summed E-state index contributed by atoms with van der Waals surface area (Å²) in [6.07, 6.45) is 1.82. The Hall–Kier alpha value is -1.56. The standard InChI is InChI=1S/C9H10N2O3S/c1-6(12)10-7-3-8(11(13)14)5-9(4-7)15-2/h3-5H,1-2H3,(H,10,12). The van der Waals surface area contributed by atoms with E-state index >= 15 is 0 Å². The number of carbonyl (C=O) groups is 1. The zero-order valence-corrected chi connectivity index (χ0v) is 9.13. The topological polar surface area (TPSA) is 72.2 Å². The van der Waals surface area contributed by atoms with Crippen molar-refractivity contribution in [3.8, 4) is 0 Å². The number of benzene rings is 1.